The monoisotopic (exact) mass is 248 g/mol. The Kier molecular flexibility index (Phi) is 4.33. The smallest absolute Gasteiger partial charge is 0.227 e. The second kappa shape index (κ2) is 5.98. The van der Waals surface area contributed by atoms with E-state index in [1.165, 1.54) is 0 Å². The summed E-state index contributed by atoms with van der Waals surface area (Å²) in [6.45, 7) is 1.97. The highest BCUT2D eigenvalue weighted by atomic mass is 16.5. The molecule has 1 aromatic rings. The molecule has 0 saturated carbocycles. The van der Waals surface area contributed by atoms with E-state index in [-0.39, 0.29) is 11.8 Å². The van der Waals surface area contributed by atoms with Gasteiger partial charge >= 0.3 is 0 Å². The molecule has 18 heavy (non-hydrogen) atoms. The molecule has 4 heteroatoms. The molecule has 1 heterocycles. The molecule has 2 N–H and O–H groups in total. The Morgan fingerprint density at radius 3 is 2.89 bits per heavy atom. The number of nitrogens with two attached hydrogens (primary N) is 1. The minimum Gasteiger partial charge on any atom is -0.384 e. The summed E-state index contributed by atoms with van der Waals surface area (Å²) in [7, 11) is 1.69. The van der Waals surface area contributed by atoms with Crippen molar-refractivity contribution in [3.05, 3.63) is 29.8 Å². The van der Waals surface area contributed by atoms with E-state index in [9.17, 15) is 4.79 Å². The first-order valence-corrected chi connectivity index (χ1v) is 6.33. The van der Waals surface area contributed by atoms with Gasteiger partial charge in [-0.05, 0) is 30.5 Å². The highest BCUT2D eigenvalue weighted by Crippen LogP contribution is 2.28. The summed E-state index contributed by atoms with van der Waals surface area (Å²) in [5.74, 6) is 0.461. The highest BCUT2D eigenvalue weighted by Gasteiger charge is 2.30. The van der Waals surface area contributed by atoms with Gasteiger partial charge in [0.05, 0.1) is 6.61 Å². The Labute approximate surface area is 108 Å². The molecule has 1 fully saturated rings. The third kappa shape index (κ3) is 2.71. The van der Waals surface area contributed by atoms with Crippen molar-refractivity contribution in [1.29, 1.82) is 0 Å². The van der Waals surface area contributed by atoms with Crippen LogP contribution in [0.1, 0.15) is 12.0 Å². The number of carbonyl (C=O) groups excluding carboxylic acids is 1. The highest BCUT2D eigenvalue weighted by molar-refractivity contribution is 5.96. The Morgan fingerprint density at radius 2 is 2.22 bits per heavy atom. The summed E-state index contributed by atoms with van der Waals surface area (Å²) in [6.07, 6.45) is 1.39. The predicted octanol–water partition coefficient (Wildman–Crippen LogP) is 1.19. The Hall–Kier alpha value is -1.39. The van der Waals surface area contributed by atoms with Crippen molar-refractivity contribution in [2.45, 2.75) is 12.8 Å². The van der Waals surface area contributed by atoms with E-state index in [4.69, 9.17) is 10.5 Å². The van der Waals surface area contributed by atoms with Gasteiger partial charge in [-0.2, -0.15) is 0 Å². The summed E-state index contributed by atoms with van der Waals surface area (Å²) in [5.41, 5.74) is 7.82. The first kappa shape index (κ1) is 13.1. The number of methoxy groups -OCH3 is 1. The molecule has 98 valence electrons. The summed E-state index contributed by atoms with van der Waals surface area (Å²) >= 11 is 0. The number of amides is 1. The van der Waals surface area contributed by atoms with Gasteiger partial charge < -0.3 is 15.4 Å². The Morgan fingerprint density at radius 1 is 1.44 bits per heavy atom. The van der Waals surface area contributed by atoms with Crippen LogP contribution in [0.25, 0.3) is 0 Å². The lowest BCUT2D eigenvalue weighted by Gasteiger charge is -2.20. The van der Waals surface area contributed by atoms with E-state index in [2.05, 4.69) is 6.07 Å². The minimum absolute atomic E-state index is 0.176. The molecule has 1 amide bonds. The molecule has 0 aliphatic carbocycles. The zero-order valence-electron chi connectivity index (χ0n) is 10.8. The zero-order valence-corrected chi connectivity index (χ0v) is 10.8. The van der Waals surface area contributed by atoms with Crippen LogP contribution >= 0.6 is 0 Å². The average Bonchev–Trinajstić information content (AvgIpc) is 2.78. The standard InChI is InChI=1S/C14H20N2O2/c1-18-7-6-12-4-2-3-5-13(12)16-10-11(9-15)8-14(16)17/h2-5,11H,6-10,15H2,1H3. The van der Waals surface area contributed by atoms with Gasteiger partial charge in [0.15, 0.2) is 0 Å². The van der Waals surface area contributed by atoms with Crippen LogP contribution in [0.5, 0.6) is 0 Å². The summed E-state index contributed by atoms with van der Waals surface area (Å²) in [6, 6.07) is 8.02. The van der Waals surface area contributed by atoms with E-state index in [1.807, 2.05) is 23.1 Å². The van der Waals surface area contributed by atoms with Crippen molar-refractivity contribution in [3.63, 3.8) is 0 Å². The SMILES string of the molecule is COCCc1ccccc1N1CC(CN)CC1=O. The van der Waals surface area contributed by atoms with Crippen LogP contribution < -0.4 is 10.6 Å². The molecular weight excluding hydrogens is 228 g/mol. The summed E-state index contributed by atoms with van der Waals surface area (Å²) in [5, 5.41) is 0. The third-order valence-electron chi connectivity index (χ3n) is 3.40. The first-order valence-electron chi connectivity index (χ1n) is 6.33. The van der Waals surface area contributed by atoms with Gasteiger partial charge in [0, 0.05) is 25.8 Å². The molecule has 1 unspecified atom stereocenters. The quantitative estimate of drug-likeness (QED) is 0.851. The van der Waals surface area contributed by atoms with E-state index in [0.29, 0.717) is 19.6 Å². The normalized spacial score (nSPS) is 19.6. The van der Waals surface area contributed by atoms with E-state index >= 15 is 0 Å². The van der Waals surface area contributed by atoms with Crippen LogP contribution in [0.3, 0.4) is 0 Å². The number of hydrogen-bond donors (Lipinski definition) is 1. The van der Waals surface area contributed by atoms with Gasteiger partial charge in [0.2, 0.25) is 5.91 Å². The first-order chi connectivity index (χ1) is 8.76. The van der Waals surface area contributed by atoms with Crippen molar-refractivity contribution < 1.29 is 9.53 Å². The van der Waals surface area contributed by atoms with E-state index in [1.54, 1.807) is 7.11 Å². The maximum atomic E-state index is 12.0. The number of anilines is 1. The molecule has 1 saturated heterocycles. The van der Waals surface area contributed by atoms with Gasteiger partial charge in [-0.25, -0.2) is 0 Å². The number of para-hydroxylation sites is 1. The van der Waals surface area contributed by atoms with Crippen LogP contribution in [0.2, 0.25) is 0 Å². The maximum absolute atomic E-state index is 12.0. The van der Waals surface area contributed by atoms with Crippen LogP contribution in [0, 0.1) is 5.92 Å². The van der Waals surface area contributed by atoms with Gasteiger partial charge in [0.25, 0.3) is 0 Å². The van der Waals surface area contributed by atoms with Crippen molar-refractivity contribution in [2.75, 3.05) is 31.7 Å². The maximum Gasteiger partial charge on any atom is 0.227 e. The number of hydrogen-bond acceptors (Lipinski definition) is 3. The molecule has 0 bridgehead atoms. The van der Waals surface area contributed by atoms with Gasteiger partial charge in [-0.1, -0.05) is 18.2 Å². The molecule has 1 aliphatic heterocycles. The zero-order chi connectivity index (χ0) is 13.0. The van der Waals surface area contributed by atoms with Crippen molar-refractivity contribution in [1.82, 2.24) is 0 Å². The molecule has 4 nitrogen and oxygen atoms in total. The second-order valence-electron chi connectivity index (χ2n) is 4.68. The fourth-order valence-corrected chi connectivity index (χ4v) is 2.37. The summed E-state index contributed by atoms with van der Waals surface area (Å²) < 4.78 is 5.11. The largest absolute Gasteiger partial charge is 0.384 e. The fraction of sp³-hybridized carbons (Fsp3) is 0.500. The molecule has 2 rings (SSSR count). The third-order valence-corrected chi connectivity index (χ3v) is 3.40. The number of benzene rings is 1. The Bertz CT molecular complexity index is 420. The molecule has 1 atom stereocenters. The molecular formula is C14H20N2O2. The topological polar surface area (TPSA) is 55.6 Å². The lowest BCUT2D eigenvalue weighted by atomic mass is 10.1. The van der Waals surface area contributed by atoms with Gasteiger partial charge in [-0.15, -0.1) is 0 Å². The van der Waals surface area contributed by atoms with Crippen LogP contribution in [0.15, 0.2) is 24.3 Å². The number of ether oxygens (including phenoxy) is 1. The van der Waals surface area contributed by atoms with Gasteiger partial charge in [-0.3, -0.25) is 4.79 Å². The van der Waals surface area contributed by atoms with Crippen molar-refractivity contribution in [2.24, 2.45) is 11.7 Å². The minimum atomic E-state index is 0.176. The fourth-order valence-electron chi connectivity index (χ4n) is 2.37. The van der Waals surface area contributed by atoms with Crippen LogP contribution in [0.4, 0.5) is 5.69 Å². The predicted molar refractivity (Wildman–Crippen MR) is 71.5 cm³/mol. The average molecular weight is 248 g/mol. The van der Waals surface area contributed by atoms with Crippen LogP contribution in [-0.4, -0.2) is 32.7 Å². The van der Waals surface area contributed by atoms with Crippen molar-refractivity contribution >= 4 is 11.6 Å². The van der Waals surface area contributed by atoms with E-state index in [0.717, 1.165) is 24.2 Å². The molecule has 0 aromatic heterocycles. The summed E-state index contributed by atoms with van der Waals surface area (Å²) in [4.78, 5) is 13.9. The number of rotatable bonds is 5. The number of carbonyl (C=O) groups is 1. The van der Waals surface area contributed by atoms with E-state index < -0.39 is 0 Å². The van der Waals surface area contributed by atoms with Gasteiger partial charge in [0.1, 0.15) is 0 Å². The molecule has 0 radical (unpaired) electrons. The Balaban J connectivity index is 2.19. The van der Waals surface area contributed by atoms with Crippen LogP contribution in [-0.2, 0) is 16.0 Å². The molecule has 0 spiro atoms. The molecule has 1 aromatic carbocycles. The lowest BCUT2D eigenvalue weighted by molar-refractivity contribution is -0.117. The van der Waals surface area contributed by atoms with Crippen molar-refractivity contribution in [3.8, 4) is 0 Å². The lowest BCUT2D eigenvalue weighted by Crippen LogP contribution is -2.26. The molecule has 1 aliphatic rings. The second-order valence-corrected chi connectivity index (χ2v) is 4.68. The number of nitrogens with zero attached hydrogens (tertiary/aromatic N) is 1.